The Morgan fingerprint density at radius 2 is 1.90 bits per heavy atom. The van der Waals surface area contributed by atoms with Gasteiger partial charge in [-0.2, -0.15) is 0 Å². The zero-order chi connectivity index (χ0) is 28.8. The van der Waals surface area contributed by atoms with Crippen LogP contribution in [0.2, 0.25) is 5.02 Å². The van der Waals surface area contributed by atoms with Gasteiger partial charge in [-0.3, -0.25) is 4.90 Å². The SMILES string of the molecule is O=C(O)c1ccc2nc(CN3CCC(c4cccc5c4OC[C@@H](c4ccc(Cl)cc4F)O5)CC3)n(C[C@@H]3CCO3)c2n1. The lowest BCUT2D eigenvalue weighted by atomic mass is 9.88. The van der Waals surface area contributed by atoms with Gasteiger partial charge in [0.15, 0.2) is 28.9 Å². The predicted molar refractivity (Wildman–Crippen MR) is 153 cm³/mol. The molecule has 0 aliphatic carbocycles. The molecule has 42 heavy (non-hydrogen) atoms. The van der Waals surface area contributed by atoms with Crippen LogP contribution in [0.5, 0.6) is 11.5 Å². The molecule has 9 nitrogen and oxygen atoms in total. The number of fused-ring (bicyclic) bond motifs is 2. The average Bonchev–Trinajstić information content (AvgIpc) is 3.30. The number of aromatic carboxylic acids is 1. The Morgan fingerprint density at radius 1 is 1.07 bits per heavy atom. The lowest BCUT2D eigenvalue weighted by Crippen LogP contribution is -2.35. The van der Waals surface area contributed by atoms with Crippen LogP contribution >= 0.6 is 11.6 Å². The Balaban J connectivity index is 1.05. The molecule has 2 atom stereocenters. The maximum Gasteiger partial charge on any atom is 0.354 e. The Kier molecular flexibility index (Phi) is 7.21. The monoisotopic (exact) mass is 592 g/mol. The maximum absolute atomic E-state index is 14.5. The molecule has 0 radical (unpaired) electrons. The quantitative estimate of drug-likeness (QED) is 0.296. The number of rotatable bonds is 7. The Hall–Kier alpha value is -3.73. The molecule has 3 aliphatic rings. The van der Waals surface area contributed by atoms with Crippen molar-refractivity contribution >= 4 is 28.7 Å². The number of imidazole rings is 1. The summed E-state index contributed by atoms with van der Waals surface area (Å²) in [5, 5.41) is 9.80. The van der Waals surface area contributed by atoms with Gasteiger partial charge in [-0.1, -0.05) is 29.8 Å². The largest absolute Gasteiger partial charge is 0.485 e. The zero-order valence-corrected chi connectivity index (χ0v) is 23.6. The molecule has 7 rings (SSSR count). The summed E-state index contributed by atoms with van der Waals surface area (Å²) in [6, 6.07) is 13.7. The number of hydrogen-bond acceptors (Lipinski definition) is 7. The first-order valence-electron chi connectivity index (χ1n) is 14.2. The first-order chi connectivity index (χ1) is 20.4. The molecule has 2 aromatic heterocycles. The molecule has 2 fully saturated rings. The van der Waals surface area contributed by atoms with Crippen LogP contribution in [0.15, 0.2) is 48.5 Å². The second kappa shape index (κ2) is 11.2. The predicted octanol–water partition coefficient (Wildman–Crippen LogP) is 5.60. The number of carboxylic acid groups (broad SMARTS) is 1. The van der Waals surface area contributed by atoms with Crippen molar-refractivity contribution < 1.29 is 28.5 Å². The van der Waals surface area contributed by atoms with Gasteiger partial charge in [0.05, 0.1) is 19.2 Å². The molecule has 0 bridgehead atoms. The highest BCUT2D eigenvalue weighted by Gasteiger charge is 2.31. The number of aromatic nitrogens is 3. The number of ether oxygens (including phenoxy) is 3. The first kappa shape index (κ1) is 27.1. The van der Waals surface area contributed by atoms with Gasteiger partial charge < -0.3 is 23.9 Å². The van der Waals surface area contributed by atoms with Crippen LogP contribution in [-0.4, -0.2) is 62.9 Å². The molecule has 2 aromatic carbocycles. The van der Waals surface area contributed by atoms with Crippen LogP contribution in [0.3, 0.4) is 0 Å². The fourth-order valence-electron chi connectivity index (χ4n) is 6.08. The summed E-state index contributed by atoms with van der Waals surface area (Å²) >= 11 is 5.92. The van der Waals surface area contributed by atoms with Crippen molar-refractivity contribution in [1.29, 1.82) is 0 Å². The number of benzene rings is 2. The van der Waals surface area contributed by atoms with Crippen LogP contribution in [0, 0.1) is 5.82 Å². The van der Waals surface area contributed by atoms with E-state index in [-0.39, 0.29) is 18.4 Å². The van der Waals surface area contributed by atoms with Gasteiger partial charge in [-0.25, -0.2) is 19.2 Å². The lowest BCUT2D eigenvalue weighted by Gasteiger charge is -2.35. The minimum absolute atomic E-state index is 0.00700. The molecule has 0 spiro atoms. The number of carboxylic acids is 1. The van der Waals surface area contributed by atoms with Crippen molar-refractivity contribution in [3.63, 3.8) is 0 Å². The van der Waals surface area contributed by atoms with E-state index in [0.29, 0.717) is 46.5 Å². The molecule has 4 aromatic rings. The molecule has 2 saturated heterocycles. The van der Waals surface area contributed by atoms with E-state index in [2.05, 4.69) is 16.0 Å². The van der Waals surface area contributed by atoms with E-state index in [1.54, 1.807) is 18.2 Å². The van der Waals surface area contributed by atoms with E-state index in [9.17, 15) is 14.3 Å². The summed E-state index contributed by atoms with van der Waals surface area (Å²) in [7, 11) is 0. The van der Waals surface area contributed by atoms with Gasteiger partial charge in [0, 0.05) is 22.8 Å². The van der Waals surface area contributed by atoms with E-state index in [1.165, 1.54) is 12.1 Å². The smallest absolute Gasteiger partial charge is 0.354 e. The lowest BCUT2D eigenvalue weighted by molar-refractivity contribution is -0.0593. The molecular weight excluding hydrogens is 563 g/mol. The van der Waals surface area contributed by atoms with Crippen LogP contribution in [0.25, 0.3) is 11.2 Å². The molecular formula is C31H30ClFN4O5. The van der Waals surface area contributed by atoms with E-state index >= 15 is 0 Å². The zero-order valence-electron chi connectivity index (χ0n) is 22.8. The van der Waals surface area contributed by atoms with Crippen molar-refractivity contribution in [2.45, 2.75) is 50.5 Å². The van der Waals surface area contributed by atoms with Crippen LogP contribution in [0.4, 0.5) is 4.39 Å². The summed E-state index contributed by atoms with van der Waals surface area (Å²) in [4.78, 5) is 23.2. The van der Waals surface area contributed by atoms with Crippen LogP contribution in [-0.2, 0) is 17.8 Å². The third-order valence-electron chi connectivity index (χ3n) is 8.43. The van der Waals surface area contributed by atoms with Gasteiger partial charge in [-0.05, 0) is 68.6 Å². The number of nitrogens with zero attached hydrogens (tertiary/aromatic N) is 4. The molecule has 1 N–H and O–H groups in total. The van der Waals surface area contributed by atoms with E-state index in [4.69, 9.17) is 30.8 Å². The van der Waals surface area contributed by atoms with E-state index < -0.39 is 17.9 Å². The number of carbonyl (C=O) groups is 1. The molecule has 0 amide bonds. The van der Waals surface area contributed by atoms with Crippen LogP contribution in [0.1, 0.15) is 58.7 Å². The highest BCUT2D eigenvalue weighted by molar-refractivity contribution is 6.30. The summed E-state index contributed by atoms with van der Waals surface area (Å²) in [5.74, 6) is 1.06. The fourth-order valence-corrected chi connectivity index (χ4v) is 6.24. The van der Waals surface area contributed by atoms with Gasteiger partial charge in [-0.15, -0.1) is 0 Å². The van der Waals surface area contributed by atoms with E-state index in [0.717, 1.165) is 56.1 Å². The minimum Gasteiger partial charge on any atom is -0.485 e. The molecule has 11 heteroatoms. The summed E-state index contributed by atoms with van der Waals surface area (Å²) in [6.45, 7) is 3.94. The number of piperidine rings is 1. The third kappa shape index (κ3) is 5.19. The van der Waals surface area contributed by atoms with Crippen molar-refractivity contribution in [3.8, 4) is 11.5 Å². The number of para-hydroxylation sites is 1. The van der Waals surface area contributed by atoms with E-state index in [1.807, 2.05) is 16.7 Å². The van der Waals surface area contributed by atoms with Crippen molar-refractivity contribution in [2.75, 3.05) is 26.3 Å². The Labute approximate surface area is 246 Å². The van der Waals surface area contributed by atoms with Crippen molar-refractivity contribution in [1.82, 2.24) is 19.4 Å². The third-order valence-corrected chi connectivity index (χ3v) is 8.66. The highest BCUT2D eigenvalue weighted by Crippen LogP contribution is 2.44. The summed E-state index contributed by atoms with van der Waals surface area (Å²) < 4.78 is 34.6. The second-order valence-corrected chi connectivity index (χ2v) is 11.5. The summed E-state index contributed by atoms with van der Waals surface area (Å²) in [6.07, 6.45) is 2.37. The molecule has 3 aliphatic heterocycles. The highest BCUT2D eigenvalue weighted by atomic mass is 35.5. The minimum atomic E-state index is -1.06. The standard InChI is InChI=1S/C31H30ClFN4O5/c32-19-4-5-22(23(33)14-19)27-17-41-29-21(2-1-3-26(29)42-27)18-8-11-36(12-9-18)16-28-34-24-6-7-25(31(38)39)35-30(24)37(28)15-20-10-13-40-20/h1-7,14,18,20,27H,8-13,15-17H2,(H,38,39)/t20-,27-/m0/s1. The number of likely N-dealkylation sites (tertiary alicyclic amines) is 1. The maximum atomic E-state index is 14.5. The number of hydrogen-bond donors (Lipinski definition) is 1. The normalized spacial score (nSPS) is 20.9. The second-order valence-electron chi connectivity index (χ2n) is 11.1. The molecule has 0 unspecified atom stereocenters. The Morgan fingerprint density at radius 3 is 2.64 bits per heavy atom. The average molecular weight is 593 g/mol. The first-order valence-corrected chi connectivity index (χ1v) is 14.6. The fraction of sp³-hybridized carbons (Fsp3) is 0.387. The van der Waals surface area contributed by atoms with Crippen LogP contribution < -0.4 is 9.47 Å². The van der Waals surface area contributed by atoms with Crippen molar-refractivity contribution in [2.24, 2.45) is 0 Å². The molecule has 0 saturated carbocycles. The van der Waals surface area contributed by atoms with Gasteiger partial charge in [0.2, 0.25) is 0 Å². The van der Waals surface area contributed by atoms with Gasteiger partial charge in [0.1, 0.15) is 23.8 Å². The summed E-state index contributed by atoms with van der Waals surface area (Å²) in [5.41, 5.74) is 2.82. The number of halogens is 2. The van der Waals surface area contributed by atoms with Gasteiger partial charge >= 0.3 is 5.97 Å². The molecule has 5 heterocycles. The topological polar surface area (TPSA) is 98.9 Å². The van der Waals surface area contributed by atoms with Gasteiger partial charge in [0.25, 0.3) is 0 Å². The Bertz CT molecular complexity index is 1650. The van der Waals surface area contributed by atoms with Crippen molar-refractivity contribution in [3.05, 3.63) is 82.0 Å². The molecule has 218 valence electrons. The number of pyridine rings is 1.